The summed E-state index contributed by atoms with van der Waals surface area (Å²) in [6, 6.07) is 5.57. The van der Waals surface area contributed by atoms with Gasteiger partial charge in [0.25, 0.3) is 0 Å². The molecule has 6 heteroatoms. The number of nitrogens with zero attached hydrogens (tertiary/aromatic N) is 1. The average Bonchev–Trinajstić information content (AvgIpc) is 2.63. The van der Waals surface area contributed by atoms with Crippen molar-refractivity contribution in [1.29, 1.82) is 0 Å². The number of aromatic carboxylic acids is 1. The molecular weight excluding hydrogens is 332 g/mol. The van der Waals surface area contributed by atoms with Crippen LogP contribution in [-0.2, 0) is 11.2 Å². The van der Waals surface area contributed by atoms with E-state index in [9.17, 15) is 9.90 Å². The molecule has 0 unspecified atom stereocenters. The minimum atomic E-state index is -1.05. The van der Waals surface area contributed by atoms with Gasteiger partial charge in [-0.2, -0.15) is 0 Å². The van der Waals surface area contributed by atoms with E-state index in [1.165, 1.54) is 0 Å². The molecule has 0 bridgehead atoms. The van der Waals surface area contributed by atoms with Gasteiger partial charge in [0, 0.05) is 13.7 Å². The Hall–Kier alpha value is -2.34. The third-order valence-corrected chi connectivity index (χ3v) is 5.13. The molecule has 1 aliphatic carbocycles. The summed E-state index contributed by atoms with van der Waals surface area (Å²) in [5.41, 5.74) is 7.74. The number of carbonyl (C=O) groups is 1. The number of pyridine rings is 1. The van der Waals surface area contributed by atoms with Gasteiger partial charge in [-0.15, -0.1) is 0 Å². The highest BCUT2D eigenvalue weighted by atomic mass is 16.5. The zero-order valence-electron chi connectivity index (χ0n) is 15.3. The molecule has 6 nitrogen and oxygen atoms in total. The van der Waals surface area contributed by atoms with E-state index in [1.807, 2.05) is 25.1 Å². The predicted molar refractivity (Wildman–Crippen MR) is 101 cm³/mol. The zero-order chi connectivity index (χ0) is 18.7. The number of nitrogens with two attached hydrogens (primary N) is 1. The van der Waals surface area contributed by atoms with Crippen LogP contribution in [0, 0.1) is 5.92 Å². The number of anilines is 1. The fourth-order valence-electron chi connectivity index (χ4n) is 3.79. The number of aryl methyl sites for hydroxylation is 1. The zero-order valence-corrected chi connectivity index (χ0v) is 15.3. The fourth-order valence-corrected chi connectivity index (χ4v) is 3.79. The quantitative estimate of drug-likeness (QED) is 0.818. The van der Waals surface area contributed by atoms with Crippen LogP contribution in [0.25, 0.3) is 10.9 Å². The molecule has 0 amide bonds. The lowest BCUT2D eigenvalue weighted by Gasteiger charge is -2.29. The van der Waals surface area contributed by atoms with Crippen LogP contribution in [0.5, 0.6) is 5.75 Å². The maximum absolute atomic E-state index is 11.7. The highest BCUT2D eigenvalue weighted by Crippen LogP contribution is 2.36. The predicted octanol–water partition coefficient (Wildman–Crippen LogP) is 3.66. The first-order chi connectivity index (χ1) is 12.5. The van der Waals surface area contributed by atoms with E-state index in [4.69, 9.17) is 15.2 Å². The molecule has 1 heterocycles. The molecule has 0 saturated heterocycles. The molecule has 3 N–H and O–H groups in total. The second-order valence-corrected chi connectivity index (χ2v) is 6.87. The summed E-state index contributed by atoms with van der Waals surface area (Å²) in [5, 5.41) is 10.2. The van der Waals surface area contributed by atoms with Crippen LogP contribution in [0.15, 0.2) is 18.2 Å². The van der Waals surface area contributed by atoms with Crippen molar-refractivity contribution in [1.82, 2.24) is 4.98 Å². The van der Waals surface area contributed by atoms with E-state index in [2.05, 4.69) is 4.98 Å². The number of methoxy groups -OCH3 is 1. The summed E-state index contributed by atoms with van der Waals surface area (Å²) in [5.74, 6) is 0.154. The van der Waals surface area contributed by atoms with Crippen molar-refractivity contribution in [2.45, 2.75) is 45.1 Å². The Morgan fingerprint density at radius 2 is 2.04 bits per heavy atom. The van der Waals surface area contributed by atoms with Gasteiger partial charge in [0.2, 0.25) is 0 Å². The van der Waals surface area contributed by atoms with Gasteiger partial charge in [-0.25, -0.2) is 4.79 Å². The number of hydrogen-bond acceptors (Lipinski definition) is 5. The normalized spacial score (nSPS) is 20.2. The highest BCUT2D eigenvalue weighted by Gasteiger charge is 2.25. The Morgan fingerprint density at radius 3 is 2.65 bits per heavy atom. The third kappa shape index (κ3) is 3.60. The van der Waals surface area contributed by atoms with Crippen LogP contribution in [-0.4, -0.2) is 35.9 Å². The van der Waals surface area contributed by atoms with Gasteiger partial charge < -0.3 is 20.3 Å². The van der Waals surface area contributed by atoms with Gasteiger partial charge >= 0.3 is 5.97 Å². The van der Waals surface area contributed by atoms with E-state index in [-0.39, 0.29) is 17.4 Å². The van der Waals surface area contributed by atoms with Crippen molar-refractivity contribution in [3.8, 4) is 5.75 Å². The molecule has 26 heavy (non-hydrogen) atoms. The van der Waals surface area contributed by atoms with E-state index in [0.29, 0.717) is 34.7 Å². The molecule has 1 aliphatic rings. The van der Waals surface area contributed by atoms with Crippen LogP contribution in [0.1, 0.15) is 48.7 Å². The Bertz CT molecular complexity index is 798. The van der Waals surface area contributed by atoms with E-state index in [1.54, 1.807) is 7.11 Å². The second kappa shape index (κ2) is 7.91. The molecule has 1 aromatic heterocycles. The minimum Gasteiger partial charge on any atom is -0.490 e. The number of benzene rings is 1. The molecule has 0 spiro atoms. The molecule has 1 fully saturated rings. The van der Waals surface area contributed by atoms with Crippen molar-refractivity contribution in [2.75, 3.05) is 19.5 Å². The number of nitrogen functional groups attached to an aromatic ring is 1. The van der Waals surface area contributed by atoms with Gasteiger partial charge in [0.05, 0.1) is 28.4 Å². The van der Waals surface area contributed by atoms with Gasteiger partial charge in [-0.05, 0) is 50.2 Å². The SMILES string of the molecule is CCc1nc2cccc(OC3CCC(COC)CC3)c2c(N)c1C(=O)O. The molecule has 0 radical (unpaired) electrons. The lowest BCUT2D eigenvalue weighted by molar-refractivity contribution is 0.0696. The number of rotatable bonds is 6. The van der Waals surface area contributed by atoms with E-state index in [0.717, 1.165) is 32.3 Å². The van der Waals surface area contributed by atoms with Gasteiger partial charge in [0.15, 0.2) is 0 Å². The number of carboxylic acid groups (broad SMARTS) is 1. The van der Waals surface area contributed by atoms with Crippen LogP contribution >= 0.6 is 0 Å². The molecule has 3 rings (SSSR count). The van der Waals surface area contributed by atoms with Gasteiger partial charge in [-0.3, -0.25) is 4.98 Å². The summed E-state index contributed by atoms with van der Waals surface area (Å²) < 4.78 is 11.5. The van der Waals surface area contributed by atoms with Crippen LogP contribution in [0.2, 0.25) is 0 Å². The van der Waals surface area contributed by atoms with E-state index >= 15 is 0 Å². The molecule has 1 aromatic carbocycles. The summed E-state index contributed by atoms with van der Waals surface area (Å²) in [6.45, 7) is 2.67. The molecule has 1 saturated carbocycles. The van der Waals surface area contributed by atoms with Gasteiger partial charge in [-0.1, -0.05) is 13.0 Å². The monoisotopic (exact) mass is 358 g/mol. The van der Waals surface area contributed by atoms with Crippen molar-refractivity contribution in [3.63, 3.8) is 0 Å². The highest BCUT2D eigenvalue weighted by molar-refractivity contribution is 6.06. The Labute approximate surface area is 153 Å². The number of hydrogen-bond donors (Lipinski definition) is 2. The number of aromatic nitrogens is 1. The van der Waals surface area contributed by atoms with Crippen LogP contribution in [0.3, 0.4) is 0 Å². The average molecular weight is 358 g/mol. The van der Waals surface area contributed by atoms with Crippen molar-refractivity contribution in [2.24, 2.45) is 5.92 Å². The summed E-state index contributed by atoms with van der Waals surface area (Å²) in [4.78, 5) is 16.2. The van der Waals surface area contributed by atoms with Gasteiger partial charge in [0.1, 0.15) is 11.3 Å². The third-order valence-electron chi connectivity index (χ3n) is 5.13. The summed E-state index contributed by atoms with van der Waals surface area (Å²) in [7, 11) is 1.74. The Balaban J connectivity index is 1.92. The topological polar surface area (TPSA) is 94.7 Å². The smallest absolute Gasteiger partial charge is 0.339 e. The molecule has 140 valence electrons. The molecule has 0 atom stereocenters. The van der Waals surface area contributed by atoms with Crippen LogP contribution in [0.4, 0.5) is 5.69 Å². The first kappa shape index (κ1) is 18.5. The number of carboxylic acids is 1. The number of fused-ring (bicyclic) bond motifs is 1. The second-order valence-electron chi connectivity index (χ2n) is 6.87. The lowest BCUT2D eigenvalue weighted by Crippen LogP contribution is -2.26. The maximum Gasteiger partial charge on any atom is 0.339 e. The molecule has 2 aromatic rings. The first-order valence-corrected chi connectivity index (χ1v) is 9.15. The maximum atomic E-state index is 11.7. The van der Waals surface area contributed by atoms with Crippen molar-refractivity contribution >= 4 is 22.6 Å². The first-order valence-electron chi connectivity index (χ1n) is 9.15. The summed E-state index contributed by atoms with van der Waals surface area (Å²) in [6.07, 6.45) is 4.66. The van der Waals surface area contributed by atoms with E-state index < -0.39 is 5.97 Å². The minimum absolute atomic E-state index is 0.0832. The van der Waals surface area contributed by atoms with Crippen molar-refractivity contribution in [3.05, 3.63) is 29.5 Å². The van der Waals surface area contributed by atoms with Crippen LogP contribution < -0.4 is 10.5 Å². The Morgan fingerprint density at radius 1 is 1.31 bits per heavy atom. The number of ether oxygens (including phenoxy) is 2. The fraction of sp³-hybridized carbons (Fsp3) is 0.500. The largest absolute Gasteiger partial charge is 0.490 e. The Kier molecular flexibility index (Phi) is 5.61. The lowest BCUT2D eigenvalue weighted by atomic mass is 9.88. The summed E-state index contributed by atoms with van der Waals surface area (Å²) >= 11 is 0. The molecule has 0 aliphatic heterocycles. The van der Waals surface area contributed by atoms with Crippen molar-refractivity contribution < 1.29 is 19.4 Å². The standard InChI is InChI=1S/C20H26N2O4/c1-3-14-18(20(23)24)19(21)17-15(22-14)5-4-6-16(17)26-13-9-7-12(8-10-13)11-25-2/h4-6,12-13H,3,7-11H2,1-2H3,(H2,21,22)(H,23,24). The molecular formula is C20H26N2O4.